The van der Waals surface area contributed by atoms with Crippen LogP contribution in [-0.4, -0.2) is 38.9 Å². The predicted octanol–water partition coefficient (Wildman–Crippen LogP) is -0.0351. The summed E-state index contributed by atoms with van der Waals surface area (Å²) in [4.78, 5) is 30.9. The van der Waals surface area contributed by atoms with Crippen molar-refractivity contribution in [3.05, 3.63) is 33.0 Å². The number of ether oxygens (including phenoxy) is 1. The number of nitrogens with zero attached hydrogens (tertiary/aromatic N) is 3. The van der Waals surface area contributed by atoms with Gasteiger partial charge in [-0.25, -0.2) is 4.79 Å². The van der Waals surface area contributed by atoms with Gasteiger partial charge in [0.1, 0.15) is 0 Å². The number of imidazole rings is 1. The minimum Gasteiger partial charge on any atom is -0.375 e. The van der Waals surface area contributed by atoms with Crippen molar-refractivity contribution >= 4 is 17.1 Å². The number of nitrogens with one attached hydrogen (secondary N) is 2. The summed E-state index contributed by atoms with van der Waals surface area (Å²) < 4.78 is 7.72. The summed E-state index contributed by atoms with van der Waals surface area (Å²) in [6, 6.07) is 0. The normalized spacial score (nSPS) is 11.0. The fourth-order valence-electron chi connectivity index (χ4n) is 1.90. The molecule has 0 spiro atoms. The lowest BCUT2D eigenvalue weighted by molar-refractivity contribution is 0.167. The predicted molar refractivity (Wildman–Crippen MR) is 80.7 cm³/mol. The molecule has 2 aromatic rings. The number of fused-ring (bicyclic) bond motifs is 1. The molecule has 2 aromatic heterocycles. The van der Waals surface area contributed by atoms with Gasteiger partial charge in [-0.2, -0.15) is 4.98 Å². The van der Waals surface area contributed by atoms with E-state index in [9.17, 15) is 9.59 Å². The van der Waals surface area contributed by atoms with Gasteiger partial charge in [-0.15, -0.1) is 0 Å². The highest BCUT2D eigenvalue weighted by Crippen LogP contribution is 2.07. The van der Waals surface area contributed by atoms with Crippen LogP contribution in [0.1, 0.15) is 6.92 Å². The van der Waals surface area contributed by atoms with E-state index < -0.39 is 11.2 Å². The molecule has 0 saturated carbocycles. The molecule has 2 heterocycles. The summed E-state index contributed by atoms with van der Waals surface area (Å²) >= 11 is 0. The first-order valence-corrected chi connectivity index (χ1v) is 6.53. The molecule has 0 bridgehead atoms. The second-order valence-corrected chi connectivity index (χ2v) is 4.93. The summed E-state index contributed by atoms with van der Waals surface area (Å²) in [5, 5.41) is 3.02. The van der Waals surface area contributed by atoms with Crippen molar-refractivity contribution in [1.82, 2.24) is 19.1 Å². The molecule has 8 nitrogen and oxygen atoms in total. The molecule has 2 N–H and O–H groups in total. The highest BCUT2D eigenvalue weighted by Gasteiger charge is 2.12. The Morgan fingerprint density at radius 2 is 2.10 bits per heavy atom. The van der Waals surface area contributed by atoms with Crippen LogP contribution in [0.2, 0.25) is 0 Å². The smallest absolute Gasteiger partial charge is 0.332 e. The molecule has 21 heavy (non-hydrogen) atoms. The van der Waals surface area contributed by atoms with Crippen LogP contribution in [0.5, 0.6) is 0 Å². The molecule has 0 aliphatic rings. The van der Waals surface area contributed by atoms with Gasteiger partial charge in [0.25, 0.3) is 5.56 Å². The Kier molecular flexibility index (Phi) is 4.27. The number of aromatic nitrogens is 4. The molecule has 8 heteroatoms. The topological polar surface area (TPSA) is 93.9 Å². The zero-order valence-electron chi connectivity index (χ0n) is 12.4. The van der Waals surface area contributed by atoms with Gasteiger partial charge >= 0.3 is 5.69 Å². The Morgan fingerprint density at radius 1 is 1.38 bits per heavy atom. The lowest BCUT2D eigenvalue weighted by Crippen LogP contribution is -2.36. The summed E-state index contributed by atoms with van der Waals surface area (Å²) in [6.07, 6.45) is 0. The number of hydrogen-bond donors (Lipinski definition) is 2. The largest absolute Gasteiger partial charge is 0.375 e. The number of hydrogen-bond acceptors (Lipinski definition) is 5. The Morgan fingerprint density at radius 3 is 2.76 bits per heavy atom. The maximum Gasteiger partial charge on any atom is 0.332 e. The van der Waals surface area contributed by atoms with Crippen molar-refractivity contribution in [2.24, 2.45) is 14.1 Å². The van der Waals surface area contributed by atoms with E-state index in [-0.39, 0.29) is 0 Å². The van der Waals surface area contributed by atoms with Crippen molar-refractivity contribution in [3.8, 4) is 0 Å². The van der Waals surface area contributed by atoms with Gasteiger partial charge in [0.15, 0.2) is 11.2 Å². The van der Waals surface area contributed by atoms with E-state index >= 15 is 0 Å². The van der Waals surface area contributed by atoms with Crippen LogP contribution < -0.4 is 16.6 Å². The second kappa shape index (κ2) is 5.96. The molecule has 0 radical (unpaired) electrons. The van der Waals surface area contributed by atoms with Crippen molar-refractivity contribution in [1.29, 1.82) is 0 Å². The fraction of sp³-hybridized carbons (Fsp3) is 0.462. The summed E-state index contributed by atoms with van der Waals surface area (Å²) in [5.74, 6) is 0.433. The second-order valence-electron chi connectivity index (χ2n) is 4.93. The average Bonchev–Trinajstić information content (AvgIpc) is 2.86. The van der Waals surface area contributed by atoms with Crippen LogP contribution >= 0.6 is 0 Å². The molecule has 0 fully saturated rings. The van der Waals surface area contributed by atoms with Gasteiger partial charge in [0.2, 0.25) is 5.95 Å². The summed E-state index contributed by atoms with van der Waals surface area (Å²) in [6.45, 7) is 7.16. The van der Waals surface area contributed by atoms with Gasteiger partial charge in [-0.1, -0.05) is 12.2 Å². The first-order valence-electron chi connectivity index (χ1n) is 6.53. The molecule has 2 rings (SSSR count). The van der Waals surface area contributed by atoms with Crippen molar-refractivity contribution in [2.75, 3.05) is 25.1 Å². The van der Waals surface area contributed by atoms with E-state index in [0.717, 1.165) is 10.1 Å². The molecular weight excluding hydrogens is 274 g/mol. The van der Waals surface area contributed by atoms with Gasteiger partial charge in [0.05, 0.1) is 13.2 Å². The van der Waals surface area contributed by atoms with Crippen LogP contribution in [0.3, 0.4) is 0 Å². The third-order valence-corrected chi connectivity index (χ3v) is 2.98. The number of aromatic amines is 1. The molecule has 0 unspecified atom stereocenters. The van der Waals surface area contributed by atoms with Crippen molar-refractivity contribution in [3.63, 3.8) is 0 Å². The Labute approximate surface area is 121 Å². The Hall–Kier alpha value is -2.35. The van der Waals surface area contributed by atoms with E-state index in [0.29, 0.717) is 36.9 Å². The van der Waals surface area contributed by atoms with Crippen LogP contribution in [-0.2, 0) is 18.8 Å². The number of anilines is 1. The Balaban J connectivity index is 2.15. The van der Waals surface area contributed by atoms with Crippen molar-refractivity contribution in [2.45, 2.75) is 6.92 Å². The quantitative estimate of drug-likeness (QED) is 0.576. The maximum atomic E-state index is 12.0. The summed E-state index contributed by atoms with van der Waals surface area (Å²) in [5.41, 5.74) is 0.776. The van der Waals surface area contributed by atoms with Gasteiger partial charge in [0, 0.05) is 20.6 Å². The van der Waals surface area contributed by atoms with Gasteiger partial charge in [-0.3, -0.25) is 13.9 Å². The van der Waals surface area contributed by atoms with E-state index in [1.807, 2.05) is 6.92 Å². The van der Waals surface area contributed by atoms with E-state index in [2.05, 4.69) is 21.9 Å². The monoisotopic (exact) mass is 293 g/mol. The summed E-state index contributed by atoms with van der Waals surface area (Å²) in [7, 11) is 3.01. The molecule has 0 aliphatic carbocycles. The van der Waals surface area contributed by atoms with Gasteiger partial charge < -0.3 is 15.0 Å². The van der Waals surface area contributed by atoms with Gasteiger partial charge in [-0.05, 0) is 6.92 Å². The minimum absolute atomic E-state index is 0.296. The van der Waals surface area contributed by atoms with E-state index in [4.69, 9.17) is 4.74 Å². The van der Waals surface area contributed by atoms with Crippen LogP contribution in [0.15, 0.2) is 21.7 Å². The number of aryl methyl sites for hydroxylation is 1. The molecule has 0 aliphatic heterocycles. The van der Waals surface area contributed by atoms with Crippen molar-refractivity contribution < 1.29 is 4.74 Å². The third-order valence-electron chi connectivity index (χ3n) is 2.98. The maximum absolute atomic E-state index is 12.0. The average molecular weight is 293 g/mol. The molecule has 0 atom stereocenters. The molecule has 0 amide bonds. The fourth-order valence-corrected chi connectivity index (χ4v) is 1.90. The zero-order valence-corrected chi connectivity index (χ0v) is 12.4. The van der Waals surface area contributed by atoms with Crippen LogP contribution in [0.4, 0.5) is 5.95 Å². The molecule has 0 saturated heterocycles. The first-order chi connectivity index (χ1) is 9.91. The van der Waals surface area contributed by atoms with Crippen LogP contribution in [0, 0.1) is 0 Å². The van der Waals surface area contributed by atoms with E-state index in [1.165, 1.54) is 11.6 Å². The number of rotatable bonds is 6. The zero-order chi connectivity index (χ0) is 15.6. The lowest BCUT2D eigenvalue weighted by Gasteiger charge is -2.04. The Bertz CT molecular complexity index is 783. The van der Waals surface area contributed by atoms with E-state index in [1.54, 1.807) is 7.05 Å². The number of H-pyrrole nitrogens is 1. The molecule has 114 valence electrons. The highest BCUT2D eigenvalue weighted by molar-refractivity contribution is 5.72. The first kappa shape index (κ1) is 15.0. The standard InChI is InChI=1S/C13H19N5O3/c1-8(2)7-21-6-5-14-12-15-9-10(16-12)17(3)13(20)18(4)11(9)19/h1,5-7H2,2-4H3,(H2,14,15,16). The highest BCUT2D eigenvalue weighted by atomic mass is 16.5. The van der Waals surface area contributed by atoms with Crippen LogP contribution in [0.25, 0.3) is 11.2 Å². The molecular formula is C13H19N5O3. The minimum atomic E-state index is -0.407. The lowest BCUT2D eigenvalue weighted by atomic mass is 10.4. The third kappa shape index (κ3) is 3.05. The SMILES string of the molecule is C=C(C)COCCNc1nc2c([nH]1)c(=O)n(C)c(=O)n2C. The molecule has 0 aromatic carbocycles.